The van der Waals surface area contributed by atoms with Crippen molar-refractivity contribution in [3.63, 3.8) is 0 Å². The molecule has 0 saturated heterocycles. The maximum absolute atomic E-state index is 11.1. The van der Waals surface area contributed by atoms with E-state index in [1.807, 2.05) is 6.07 Å². The van der Waals surface area contributed by atoms with Crippen molar-refractivity contribution in [2.24, 2.45) is 0 Å². The smallest absolute Gasteiger partial charge is 0.346 e. The number of carboxylic acid groups (broad SMARTS) is 1. The Labute approximate surface area is 138 Å². The highest BCUT2D eigenvalue weighted by atomic mass is 16.5. The van der Waals surface area contributed by atoms with E-state index in [2.05, 4.69) is 5.10 Å². The number of ether oxygens (including phenoxy) is 1. The summed E-state index contributed by atoms with van der Waals surface area (Å²) < 4.78 is 6.67. The average Bonchev–Trinajstić information content (AvgIpc) is 3.00. The van der Waals surface area contributed by atoms with Crippen molar-refractivity contribution >= 4 is 12.0 Å². The Hall–Kier alpha value is -3.58. The molecular formula is C17H14N4O3. The minimum atomic E-state index is -1.30. The van der Waals surface area contributed by atoms with Crippen LogP contribution >= 0.6 is 0 Å². The number of hydrogen-bond acceptors (Lipinski definition) is 5. The first-order chi connectivity index (χ1) is 11.6. The van der Waals surface area contributed by atoms with Crippen LogP contribution in [-0.2, 0) is 11.3 Å². The number of methoxy groups -OCH3 is 1. The summed E-state index contributed by atoms with van der Waals surface area (Å²) in [6.45, 7) is 0.377. The van der Waals surface area contributed by atoms with Crippen LogP contribution in [0.4, 0.5) is 0 Å². The summed E-state index contributed by atoms with van der Waals surface area (Å²) in [5.74, 6) is -0.619. The van der Waals surface area contributed by atoms with Gasteiger partial charge in [-0.1, -0.05) is 0 Å². The van der Waals surface area contributed by atoms with E-state index in [-0.39, 0.29) is 12.0 Å². The number of nitriles is 2. The molecule has 2 aromatic rings. The van der Waals surface area contributed by atoms with Crippen LogP contribution in [0.5, 0.6) is 5.75 Å². The molecule has 2 rings (SSSR count). The quantitative estimate of drug-likeness (QED) is 0.646. The summed E-state index contributed by atoms with van der Waals surface area (Å²) in [7, 11) is 1.56. The first-order valence-corrected chi connectivity index (χ1v) is 7.03. The van der Waals surface area contributed by atoms with Gasteiger partial charge in [-0.25, -0.2) is 4.79 Å². The highest BCUT2D eigenvalue weighted by Crippen LogP contribution is 2.26. The van der Waals surface area contributed by atoms with Gasteiger partial charge in [0, 0.05) is 17.3 Å². The maximum Gasteiger partial charge on any atom is 0.346 e. The minimum Gasteiger partial charge on any atom is -0.497 e. The van der Waals surface area contributed by atoms with Crippen LogP contribution in [0.2, 0.25) is 0 Å². The van der Waals surface area contributed by atoms with Crippen LogP contribution < -0.4 is 4.74 Å². The number of carboxylic acids is 1. The number of aryl methyl sites for hydroxylation is 1. The second-order valence-electron chi connectivity index (χ2n) is 4.81. The molecule has 0 amide bonds. The molecule has 0 fully saturated rings. The monoisotopic (exact) mass is 322 g/mol. The zero-order chi connectivity index (χ0) is 17.5. The van der Waals surface area contributed by atoms with Gasteiger partial charge in [-0.15, -0.1) is 0 Å². The second-order valence-corrected chi connectivity index (χ2v) is 4.81. The Bertz CT molecular complexity index is 851. The molecule has 1 heterocycles. The fraction of sp³-hybridized carbons (Fsp3) is 0.176. The lowest BCUT2D eigenvalue weighted by molar-refractivity contribution is -0.132. The molecule has 0 bridgehead atoms. The van der Waals surface area contributed by atoms with Crippen LogP contribution in [0.1, 0.15) is 12.0 Å². The molecule has 0 unspecified atom stereocenters. The summed E-state index contributed by atoms with van der Waals surface area (Å²) in [5.41, 5.74) is 1.40. The van der Waals surface area contributed by atoms with E-state index in [1.54, 1.807) is 48.3 Å². The van der Waals surface area contributed by atoms with E-state index < -0.39 is 5.97 Å². The molecule has 0 aliphatic rings. The lowest BCUT2D eigenvalue weighted by Crippen LogP contribution is -1.97. The molecule has 0 radical (unpaired) electrons. The number of hydrogen-bond donors (Lipinski definition) is 1. The van der Waals surface area contributed by atoms with Gasteiger partial charge in [0.15, 0.2) is 0 Å². The van der Waals surface area contributed by atoms with Crippen molar-refractivity contribution in [2.75, 3.05) is 7.11 Å². The van der Waals surface area contributed by atoms with Gasteiger partial charge in [-0.2, -0.15) is 15.6 Å². The van der Waals surface area contributed by atoms with Crippen LogP contribution in [-0.4, -0.2) is 28.0 Å². The summed E-state index contributed by atoms with van der Waals surface area (Å²) in [6, 6.07) is 10.8. The van der Waals surface area contributed by atoms with Gasteiger partial charge in [0.05, 0.1) is 31.8 Å². The standard InChI is InChI=1S/C17H14N4O3/c1-24-15-5-3-12(4-6-15)16-14(9-13(10-19)17(22)23)11-21(20-16)8-2-7-18/h3-6,9,11H,2,8H2,1H3,(H,22,23). The summed E-state index contributed by atoms with van der Waals surface area (Å²) in [6.07, 6.45) is 3.17. The van der Waals surface area contributed by atoms with Crippen LogP contribution in [0.3, 0.4) is 0 Å². The SMILES string of the molecule is COc1ccc(-c2nn(CCC#N)cc2C=C(C#N)C(=O)O)cc1. The molecule has 0 aliphatic carbocycles. The highest BCUT2D eigenvalue weighted by molar-refractivity contribution is 5.97. The Balaban J connectivity index is 2.51. The summed E-state index contributed by atoms with van der Waals surface area (Å²) >= 11 is 0. The van der Waals surface area contributed by atoms with Crippen molar-refractivity contribution in [1.29, 1.82) is 10.5 Å². The third-order valence-corrected chi connectivity index (χ3v) is 3.26. The predicted molar refractivity (Wildman–Crippen MR) is 85.7 cm³/mol. The molecule has 0 saturated carbocycles. The van der Waals surface area contributed by atoms with E-state index in [4.69, 9.17) is 20.4 Å². The third kappa shape index (κ3) is 3.79. The third-order valence-electron chi connectivity index (χ3n) is 3.26. The fourth-order valence-corrected chi connectivity index (χ4v) is 2.09. The lowest BCUT2D eigenvalue weighted by Gasteiger charge is -2.02. The normalized spacial score (nSPS) is 10.7. The van der Waals surface area contributed by atoms with Crippen molar-refractivity contribution in [3.8, 4) is 29.1 Å². The molecule has 1 N–H and O–H groups in total. The number of carbonyl (C=O) groups is 1. The minimum absolute atomic E-state index is 0.275. The van der Waals surface area contributed by atoms with Crippen LogP contribution in [0.25, 0.3) is 17.3 Å². The molecular weight excluding hydrogens is 308 g/mol. The Kier molecular flexibility index (Phi) is 5.32. The molecule has 1 aromatic heterocycles. The van der Waals surface area contributed by atoms with E-state index in [1.165, 1.54) is 6.08 Å². The molecule has 1 aromatic carbocycles. The van der Waals surface area contributed by atoms with Crippen molar-refractivity contribution in [3.05, 3.63) is 41.6 Å². The zero-order valence-electron chi connectivity index (χ0n) is 12.9. The van der Waals surface area contributed by atoms with Gasteiger partial charge < -0.3 is 9.84 Å². The molecule has 0 atom stereocenters. The maximum atomic E-state index is 11.1. The first kappa shape index (κ1) is 16.8. The topological polar surface area (TPSA) is 112 Å². The summed E-state index contributed by atoms with van der Waals surface area (Å²) in [4.78, 5) is 11.1. The van der Waals surface area contributed by atoms with Crippen molar-refractivity contribution in [1.82, 2.24) is 9.78 Å². The Morgan fingerprint density at radius 2 is 2.08 bits per heavy atom. The molecule has 0 spiro atoms. The second kappa shape index (κ2) is 7.61. The van der Waals surface area contributed by atoms with Gasteiger partial charge in [-0.05, 0) is 30.3 Å². The van der Waals surface area contributed by atoms with E-state index in [0.717, 1.165) is 5.56 Å². The first-order valence-electron chi connectivity index (χ1n) is 7.03. The van der Waals surface area contributed by atoms with E-state index in [9.17, 15) is 4.79 Å². The number of benzene rings is 1. The largest absolute Gasteiger partial charge is 0.497 e. The molecule has 7 heteroatoms. The van der Waals surface area contributed by atoms with Crippen molar-refractivity contribution in [2.45, 2.75) is 13.0 Å². The molecule has 7 nitrogen and oxygen atoms in total. The number of aromatic nitrogens is 2. The van der Waals surface area contributed by atoms with Gasteiger partial charge in [0.2, 0.25) is 0 Å². The van der Waals surface area contributed by atoms with E-state index >= 15 is 0 Å². The average molecular weight is 322 g/mol. The zero-order valence-corrected chi connectivity index (χ0v) is 12.9. The Morgan fingerprint density at radius 1 is 1.38 bits per heavy atom. The van der Waals surface area contributed by atoms with Gasteiger partial charge >= 0.3 is 5.97 Å². The summed E-state index contributed by atoms with van der Waals surface area (Å²) in [5, 5.41) is 31.1. The van der Waals surface area contributed by atoms with Crippen LogP contribution in [0, 0.1) is 22.7 Å². The number of nitrogens with zero attached hydrogens (tertiary/aromatic N) is 4. The Morgan fingerprint density at radius 3 is 2.62 bits per heavy atom. The lowest BCUT2D eigenvalue weighted by atomic mass is 10.1. The van der Waals surface area contributed by atoms with Gasteiger partial charge in [0.1, 0.15) is 17.4 Å². The number of aliphatic carboxylic acids is 1. The fourth-order valence-electron chi connectivity index (χ4n) is 2.09. The molecule has 24 heavy (non-hydrogen) atoms. The van der Waals surface area contributed by atoms with Crippen LogP contribution in [0.15, 0.2) is 36.0 Å². The van der Waals surface area contributed by atoms with E-state index in [0.29, 0.717) is 23.6 Å². The van der Waals surface area contributed by atoms with Gasteiger partial charge in [-0.3, -0.25) is 4.68 Å². The molecule has 120 valence electrons. The molecule has 0 aliphatic heterocycles. The van der Waals surface area contributed by atoms with Crippen molar-refractivity contribution < 1.29 is 14.6 Å². The predicted octanol–water partition coefficient (Wildman–Crippen LogP) is 2.46. The van der Waals surface area contributed by atoms with Gasteiger partial charge in [0.25, 0.3) is 0 Å². The number of rotatable bonds is 6. The highest BCUT2D eigenvalue weighted by Gasteiger charge is 2.13.